The molecule has 0 radical (unpaired) electrons. The quantitative estimate of drug-likeness (QED) is 0.0649. The number of allylic oxidation sites excluding steroid dienone is 3. The van der Waals surface area contributed by atoms with Crippen molar-refractivity contribution in [3.8, 4) is 0 Å². The second-order valence-electron chi connectivity index (χ2n) is 9.10. The first-order chi connectivity index (χ1) is 20.4. The van der Waals surface area contributed by atoms with Crippen LogP contribution >= 0.6 is 0 Å². The van der Waals surface area contributed by atoms with Gasteiger partial charge in [-0.1, -0.05) is 110 Å². The van der Waals surface area contributed by atoms with E-state index in [-0.39, 0.29) is 5.76 Å². The summed E-state index contributed by atoms with van der Waals surface area (Å²) in [6.07, 6.45) is 10.9. The van der Waals surface area contributed by atoms with Gasteiger partial charge in [-0.15, -0.1) is 6.58 Å². The first kappa shape index (κ1) is 50.0. The van der Waals surface area contributed by atoms with Crippen LogP contribution in [0.5, 0.6) is 0 Å². The van der Waals surface area contributed by atoms with Crippen LogP contribution in [0.15, 0.2) is 60.3 Å². The number of aliphatic hydroxyl groups is 1. The molecule has 43 heavy (non-hydrogen) atoms. The van der Waals surface area contributed by atoms with Gasteiger partial charge >= 0.3 is 6.18 Å². The van der Waals surface area contributed by atoms with Crippen LogP contribution in [0.1, 0.15) is 119 Å². The molecule has 0 saturated heterocycles. The van der Waals surface area contributed by atoms with Crippen LogP contribution in [0, 0.1) is 0 Å². The Kier molecular flexibility index (Phi) is 43.4. The molecule has 0 saturated carbocycles. The first-order valence-electron chi connectivity index (χ1n) is 15.4. The molecule has 0 aliphatic heterocycles. The van der Waals surface area contributed by atoms with Crippen molar-refractivity contribution in [1.82, 2.24) is 5.32 Å². The van der Waals surface area contributed by atoms with Crippen molar-refractivity contribution in [3.63, 3.8) is 0 Å². The summed E-state index contributed by atoms with van der Waals surface area (Å²) in [5, 5.41) is 14.3. The van der Waals surface area contributed by atoms with Gasteiger partial charge in [-0.25, -0.2) is 0 Å². The van der Waals surface area contributed by atoms with Gasteiger partial charge in [0, 0.05) is 23.7 Å². The Labute approximate surface area is 262 Å². The Morgan fingerprint density at radius 3 is 1.91 bits per heavy atom. The molecule has 0 heterocycles. The van der Waals surface area contributed by atoms with Crippen LogP contribution in [0.2, 0.25) is 0 Å². The van der Waals surface area contributed by atoms with Crippen molar-refractivity contribution in [1.29, 1.82) is 0 Å². The maximum atomic E-state index is 11.3. The predicted molar refractivity (Wildman–Crippen MR) is 186 cm³/mol. The van der Waals surface area contributed by atoms with Gasteiger partial charge in [-0.3, -0.25) is 9.38 Å². The van der Waals surface area contributed by atoms with Crippen LogP contribution in [0.4, 0.5) is 17.6 Å². The van der Waals surface area contributed by atoms with Crippen LogP contribution in [-0.2, 0) is 0 Å². The fraction of sp³-hybridized carbons (Fsp3) is 0.583. The molecule has 252 valence electrons. The summed E-state index contributed by atoms with van der Waals surface area (Å²) in [5.74, 6) is 0.145. The van der Waals surface area contributed by atoms with E-state index in [1.54, 1.807) is 6.08 Å². The molecule has 2 N–H and O–H groups in total. The number of nitrogens with zero attached hydrogens (tertiary/aromatic N) is 1. The van der Waals surface area contributed by atoms with Gasteiger partial charge in [0.05, 0.1) is 13.6 Å². The van der Waals surface area contributed by atoms with Crippen molar-refractivity contribution in [2.24, 2.45) is 4.99 Å². The van der Waals surface area contributed by atoms with Crippen molar-refractivity contribution in [2.75, 3.05) is 13.7 Å². The number of aliphatic hydroxyl groups excluding tert-OH is 1. The average Bonchev–Trinajstić information content (AvgIpc) is 2.97. The van der Waals surface area contributed by atoms with Gasteiger partial charge in [0.15, 0.2) is 0 Å². The maximum absolute atomic E-state index is 11.3. The number of aliphatic imine (C=N–C) groups is 1. The molecule has 0 aliphatic carbocycles. The standard InChI is InChI=1S/C18H28N2.C6H7F3O.C6H14.C3H6.C2H6.CH3F/c1-6-16-10-9-11-17(18(16)13-19-7-2)14(4)12-15(5)20-8-3;1-5(10)3-2-4-6(7,8)9;1-3-5-6-4-2;1-3-2;2*1-2/h6-7,9-11,13-15,20H,8,12H2,1-5H3;2-3,10H,1,4H2;3-6H2,1-2H3;3H,1H2,2H3;1-2H3;1H3/b16-6-,18-13+,19-7?;3-2-;;;;/t14-,15+;;;;;/m1...../s1. The maximum Gasteiger partial charge on any atom is 0.392 e. The number of nitrogens with one attached hydrogen (secondary N) is 1. The highest BCUT2D eigenvalue weighted by molar-refractivity contribution is 5.58. The van der Waals surface area contributed by atoms with E-state index in [0.29, 0.717) is 19.1 Å². The second kappa shape index (κ2) is 37.4. The van der Waals surface area contributed by atoms with Crippen LogP contribution in [0.25, 0.3) is 12.3 Å². The van der Waals surface area contributed by atoms with E-state index in [9.17, 15) is 17.6 Å². The Morgan fingerprint density at radius 1 is 1.02 bits per heavy atom. The molecule has 1 rings (SSSR count). The minimum Gasteiger partial charge on any atom is -0.509 e. The fourth-order valence-corrected chi connectivity index (χ4v) is 3.50. The summed E-state index contributed by atoms with van der Waals surface area (Å²) >= 11 is 0. The minimum atomic E-state index is -4.20. The SMILES string of the molecule is C=C(O)/C=C\CC(F)(F)F.C=CC.CC.CC=N/C=c1/c([C@H](C)C[C@H](C)NCC)ccc/c1=C/C.CCCCCC.CF. The van der Waals surface area contributed by atoms with E-state index in [4.69, 9.17) is 5.11 Å². The van der Waals surface area contributed by atoms with Gasteiger partial charge in [0.25, 0.3) is 0 Å². The third-order valence-electron chi connectivity index (χ3n) is 5.24. The van der Waals surface area contributed by atoms with Crippen LogP contribution in [0.3, 0.4) is 0 Å². The minimum absolute atomic E-state index is 0.371. The highest BCUT2D eigenvalue weighted by Crippen LogP contribution is 2.19. The molecule has 7 heteroatoms. The number of unbranched alkanes of at least 4 members (excludes halogenated alkanes) is 3. The van der Waals surface area contributed by atoms with Crippen molar-refractivity contribution in [3.05, 3.63) is 71.3 Å². The molecule has 0 fully saturated rings. The lowest BCUT2D eigenvalue weighted by atomic mass is 9.92. The van der Waals surface area contributed by atoms with E-state index < -0.39 is 12.6 Å². The van der Waals surface area contributed by atoms with E-state index in [1.807, 2.05) is 40.1 Å². The van der Waals surface area contributed by atoms with Crippen molar-refractivity contribution < 1.29 is 22.7 Å². The summed E-state index contributed by atoms with van der Waals surface area (Å²) in [7, 11) is 0.500. The Morgan fingerprint density at radius 2 is 1.53 bits per heavy atom. The summed E-state index contributed by atoms with van der Waals surface area (Å²) in [6.45, 7) is 28.5. The number of hydrogen-bond acceptors (Lipinski definition) is 3. The van der Waals surface area contributed by atoms with Crippen LogP contribution in [-0.4, -0.2) is 37.3 Å². The zero-order valence-electron chi connectivity index (χ0n) is 29.1. The summed E-state index contributed by atoms with van der Waals surface area (Å²) in [5.41, 5.74) is 1.39. The monoisotopic (exact) mass is 616 g/mol. The third-order valence-corrected chi connectivity index (χ3v) is 5.24. The zero-order chi connectivity index (χ0) is 34.7. The van der Waals surface area contributed by atoms with Gasteiger partial charge in [0.2, 0.25) is 0 Å². The smallest absolute Gasteiger partial charge is 0.392 e. The molecule has 1 aromatic rings. The Balaban J connectivity index is -0.000000174. The number of halogens is 4. The molecular formula is C36H64F4N2O. The summed E-state index contributed by atoms with van der Waals surface area (Å²) in [4.78, 5) is 4.32. The Bertz CT molecular complexity index is 918. The topological polar surface area (TPSA) is 44.6 Å². The van der Waals surface area contributed by atoms with E-state index in [1.165, 1.54) is 41.7 Å². The lowest BCUT2D eigenvalue weighted by Crippen LogP contribution is -2.32. The molecule has 3 nitrogen and oxygen atoms in total. The molecule has 0 aromatic heterocycles. The van der Waals surface area contributed by atoms with Gasteiger partial charge < -0.3 is 10.4 Å². The normalized spacial score (nSPS) is 12.5. The van der Waals surface area contributed by atoms with E-state index in [0.717, 1.165) is 25.1 Å². The second-order valence-corrected chi connectivity index (χ2v) is 9.10. The summed E-state index contributed by atoms with van der Waals surface area (Å²) in [6, 6.07) is 7.06. The summed E-state index contributed by atoms with van der Waals surface area (Å²) < 4.78 is 43.5. The number of rotatable bonds is 11. The van der Waals surface area contributed by atoms with Gasteiger partial charge in [-0.05, 0) is 63.4 Å². The number of benzene rings is 1. The van der Waals surface area contributed by atoms with Crippen molar-refractivity contribution in [2.45, 2.75) is 126 Å². The van der Waals surface area contributed by atoms with Crippen LogP contribution < -0.4 is 15.8 Å². The van der Waals surface area contributed by atoms with Gasteiger partial charge in [0.1, 0.15) is 5.76 Å². The Hall–Kier alpha value is -2.67. The molecule has 0 amide bonds. The molecule has 1 aromatic carbocycles. The van der Waals surface area contributed by atoms with E-state index >= 15 is 0 Å². The largest absolute Gasteiger partial charge is 0.509 e. The third kappa shape index (κ3) is 37.3. The van der Waals surface area contributed by atoms with E-state index in [2.05, 4.69) is 89.3 Å². The highest BCUT2D eigenvalue weighted by atomic mass is 19.4. The molecule has 0 bridgehead atoms. The fourth-order valence-electron chi connectivity index (χ4n) is 3.50. The lowest BCUT2D eigenvalue weighted by Gasteiger charge is -2.19. The van der Waals surface area contributed by atoms with Crippen molar-refractivity contribution >= 4 is 18.5 Å². The average molecular weight is 617 g/mol. The number of hydrogen-bond donors (Lipinski definition) is 2. The predicted octanol–water partition coefficient (Wildman–Crippen LogP) is 10.8. The van der Waals surface area contributed by atoms with Gasteiger partial charge in [-0.2, -0.15) is 13.2 Å². The zero-order valence-corrected chi connectivity index (χ0v) is 29.1. The highest BCUT2D eigenvalue weighted by Gasteiger charge is 2.24. The molecule has 0 spiro atoms. The molecular weight excluding hydrogens is 552 g/mol. The molecule has 0 aliphatic rings. The number of alkyl halides is 4. The first-order valence-corrected chi connectivity index (χ1v) is 15.4. The molecule has 0 unspecified atom stereocenters. The molecule has 2 atom stereocenters. The lowest BCUT2D eigenvalue weighted by molar-refractivity contribution is -0.125.